The molecule has 0 bridgehead atoms. The fraction of sp³-hybridized carbons (Fsp3) is 0. The van der Waals surface area contributed by atoms with Gasteiger partial charge in [0.25, 0.3) is 0 Å². The van der Waals surface area contributed by atoms with Crippen LogP contribution in [0, 0.1) is 0 Å². The monoisotopic (exact) mass is 801 g/mol. The maximum absolute atomic E-state index is 2.44. The van der Waals surface area contributed by atoms with Crippen molar-refractivity contribution in [1.29, 1.82) is 0 Å². The summed E-state index contributed by atoms with van der Waals surface area (Å²) in [6.07, 6.45) is 0. The Bertz CT molecular complexity index is 3800. The summed E-state index contributed by atoms with van der Waals surface area (Å²) in [5, 5.41) is 7.69. The van der Waals surface area contributed by atoms with E-state index >= 15 is 0 Å². The lowest BCUT2D eigenvalue weighted by atomic mass is 10.0. The van der Waals surface area contributed by atoms with Gasteiger partial charge < -0.3 is 13.9 Å². The van der Waals surface area contributed by atoms with Crippen LogP contribution in [0.15, 0.2) is 237 Å². The highest BCUT2D eigenvalue weighted by molar-refractivity contribution is 6.23. The highest BCUT2D eigenvalue weighted by Gasteiger charge is 2.19. The summed E-state index contributed by atoms with van der Waals surface area (Å²) in [7, 11) is 0. The summed E-state index contributed by atoms with van der Waals surface area (Å²) in [6.45, 7) is 0. The standard InChI is InChI=1S/C60H39N3/c1-3-12-40(13-4-1)41-22-30-47(31-23-41)61(48-32-24-42(25-33-48)44-28-36-58-54(38-44)51-17-8-9-20-56(51)62(58)46-14-5-2-6-15-46)49-34-26-43(27-35-49)45-29-37-59-55(39-45)53-19-11-18-52-50-16-7-10-21-57(50)63(59)60(52)53/h1-39H. The quantitative estimate of drug-likeness (QED) is 0.156. The van der Waals surface area contributed by atoms with Gasteiger partial charge in [0.1, 0.15) is 0 Å². The number of anilines is 3. The van der Waals surface area contributed by atoms with Gasteiger partial charge in [-0.25, -0.2) is 0 Å². The van der Waals surface area contributed by atoms with Crippen molar-refractivity contribution in [2.24, 2.45) is 0 Å². The predicted molar refractivity (Wildman–Crippen MR) is 266 cm³/mol. The van der Waals surface area contributed by atoms with Crippen LogP contribution < -0.4 is 4.90 Å². The van der Waals surface area contributed by atoms with E-state index in [1.165, 1.54) is 99.0 Å². The average Bonchev–Trinajstić information content (AvgIpc) is 4.00. The second-order valence-electron chi connectivity index (χ2n) is 16.5. The first kappa shape index (κ1) is 35.4. The van der Waals surface area contributed by atoms with E-state index in [2.05, 4.69) is 250 Å². The molecule has 13 aromatic rings. The summed E-state index contributed by atoms with van der Waals surface area (Å²) in [6, 6.07) is 86.3. The Labute approximate surface area is 364 Å². The summed E-state index contributed by atoms with van der Waals surface area (Å²) in [5.41, 5.74) is 17.9. The van der Waals surface area contributed by atoms with Gasteiger partial charge in [0.05, 0.1) is 27.6 Å². The molecule has 0 unspecified atom stereocenters. The molecule has 0 aliphatic carbocycles. The van der Waals surface area contributed by atoms with Crippen LogP contribution >= 0.6 is 0 Å². The lowest BCUT2D eigenvalue weighted by molar-refractivity contribution is 1.18. The van der Waals surface area contributed by atoms with Crippen molar-refractivity contribution in [3.05, 3.63) is 237 Å². The molecule has 0 atom stereocenters. The summed E-state index contributed by atoms with van der Waals surface area (Å²) < 4.78 is 4.81. The van der Waals surface area contributed by atoms with Crippen LogP contribution in [0.4, 0.5) is 17.1 Å². The Kier molecular flexibility index (Phi) is 7.91. The lowest BCUT2D eigenvalue weighted by Gasteiger charge is -2.26. The number of para-hydroxylation sites is 4. The van der Waals surface area contributed by atoms with E-state index in [0.29, 0.717) is 0 Å². The van der Waals surface area contributed by atoms with Crippen LogP contribution in [0.1, 0.15) is 0 Å². The van der Waals surface area contributed by atoms with E-state index in [-0.39, 0.29) is 0 Å². The minimum atomic E-state index is 1.10. The number of nitrogens with zero attached hydrogens (tertiary/aromatic N) is 3. The van der Waals surface area contributed by atoms with Gasteiger partial charge in [0.15, 0.2) is 0 Å². The molecular weight excluding hydrogens is 763 g/mol. The number of aromatic nitrogens is 2. The molecule has 0 N–H and O–H groups in total. The molecule has 0 saturated carbocycles. The molecular formula is C60H39N3. The van der Waals surface area contributed by atoms with E-state index in [0.717, 1.165) is 17.1 Å². The van der Waals surface area contributed by atoms with Crippen molar-refractivity contribution in [1.82, 2.24) is 8.97 Å². The van der Waals surface area contributed by atoms with Crippen LogP contribution in [0.2, 0.25) is 0 Å². The molecule has 13 rings (SSSR count). The number of hydrogen-bond acceptors (Lipinski definition) is 1. The minimum absolute atomic E-state index is 1.10. The van der Waals surface area contributed by atoms with Gasteiger partial charge in [-0.2, -0.15) is 0 Å². The van der Waals surface area contributed by atoms with Crippen LogP contribution in [0.3, 0.4) is 0 Å². The summed E-state index contributed by atoms with van der Waals surface area (Å²) in [5.74, 6) is 0. The van der Waals surface area contributed by atoms with Crippen molar-refractivity contribution in [3.63, 3.8) is 0 Å². The van der Waals surface area contributed by atoms with Gasteiger partial charge in [-0.15, -0.1) is 0 Å². The number of hydrogen-bond donors (Lipinski definition) is 0. The fourth-order valence-corrected chi connectivity index (χ4v) is 10.1. The minimum Gasteiger partial charge on any atom is -0.311 e. The molecule has 0 radical (unpaired) electrons. The molecule has 0 amide bonds. The van der Waals surface area contributed by atoms with Crippen LogP contribution in [0.25, 0.3) is 99.0 Å². The Morgan fingerprint density at radius 3 is 1.24 bits per heavy atom. The lowest BCUT2D eigenvalue weighted by Crippen LogP contribution is -2.09. The molecule has 0 aliphatic rings. The van der Waals surface area contributed by atoms with E-state index in [1.807, 2.05) is 0 Å². The normalized spacial score (nSPS) is 11.8. The van der Waals surface area contributed by atoms with Gasteiger partial charge in [0, 0.05) is 55.1 Å². The molecule has 0 fully saturated rings. The van der Waals surface area contributed by atoms with Crippen molar-refractivity contribution >= 4 is 77.0 Å². The molecule has 0 aliphatic heterocycles. The third-order valence-corrected chi connectivity index (χ3v) is 13.1. The highest BCUT2D eigenvalue weighted by atomic mass is 15.1. The molecule has 3 nitrogen and oxygen atoms in total. The van der Waals surface area contributed by atoms with Gasteiger partial charge in [-0.3, -0.25) is 0 Å². The van der Waals surface area contributed by atoms with Crippen LogP contribution in [0.5, 0.6) is 0 Å². The first-order valence-electron chi connectivity index (χ1n) is 21.7. The molecule has 0 spiro atoms. The van der Waals surface area contributed by atoms with Crippen molar-refractivity contribution < 1.29 is 0 Å². The molecule has 0 saturated heterocycles. The SMILES string of the molecule is c1ccc(-c2ccc(N(c3ccc(-c4ccc5c(c4)c4ccccc4n5-c4ccccc4)cc3)c3ccc(-c4ccc5c(c4)c4cccc6c7ccccc7n5c64)cc3)cc2)cc1. The highest BCUT2D eigenvalue weighted by Crippen LogP contribution is 2.42. The average molecular weight is 802 g/mol. The smallest absolute Gasteiger partial charge is 0.0620 e. The fourth-order valence-electron chi connectivity index (χ4n) is 10.1. The van der Waals surface area contributed by atoms with Gasteiger partial charge in [0.2, 0.25) is 0 Å². The Hall–Kier alpha value is -8.40. The van der Waals surface area contributed by atoms with Crippen LogP contribution in [-0.2, 0) is 0 Å². The number of fused-ring (bicyclic) bond motifs is 9. The molecule has 3 heteroatoms. The molecule has 63 heavy (non-hydrogen) atoms. The maximum atomic E-state index is 2.44. The predicted octanol–water partition coefficient (Wildman–Crippen LogP) is 16.4. The maximum Gasteiger partial charge on any atom is 0.0620 e. The first-order chi connectivity index (χ1) is 31.2. The zero-order valence-electron chi connectivity index (χ0n) is 34.4. The Balaban J connectivity index is 0.881. The third-order valence-electron chi connectivity index (χ3n) is 13.1. The summed E-state index contributed by atoms with van der Waals surface area (Å²) in [4.78, 5) is 2.36. The molecule has 10 aromatic carbocycles. The molecule has 3 heterocycles. The van der Waals surface area contributed by atoms with Crippen molar-refractivity contribution in [2.45, 2.75) is 0 Å². The second kappa shape index (κ2) is 14.1. The zero-order valence-corrected chi connectivity index (χ0v) is 34.4. The van der Waals surface area contributed by atoms with Gasteiger partial charge in [-0.1, -0.05) is 152 Å². The first-order valence-corrected chi connectivity index (χ1v) is 21.7. The topological polar surface area (TPSA) is 12.6 Å². The largest absolute Gasteiger partial charge is 0.311 e. The van der Waals surface area contributed by atoms with E-state index in [4.69, 9.17) is 0 Å². The molecule has 3 aromatic heterocycles. The van der Waals surface area contributed by atoms with E-state index < -0.39 is 0 Å². The zero-order chi connectivity index (χ0) is 41.4. The van der Waals surface area contributed by atoms with E-state index in [9.17, 15) is 0 Å². The van der Waals surface area contributed by atoms with Gasteiger partial charge >= 0.3 is 0 Å². The Morgan fingerprint density at radius 1 is 0.254 bits per heavy atom. The van der Waals surface area contributed by atoms with Gasteiger partial charge in [-0.05, 0) is 118 Å². The summed E-state index contributed by atoms with van der Waals surface area (Å²) >= 11 is 0. The van der Waals surface area contributed by atoms with Crippen molar-refractivity contribution in [2.75, 3.05) is 4.90 Å². The third kappa shape index (κ3) is 5.60. The Morgan fingerprint density at radius 2 is 0.635 bits per heavy atom. The number of benzene rings is 10. The van der Waals surface area contributed by atoms with E-state index in [1.54, 1.807) is 0 Å². The van der Waals surface area contributed by atoms with Crippen molar-refractivity contribution in [3.8, 4) is 39.1 Å². The van der Waals surface area contributed by atoms with Crippen LogP contribution in [-0.4, -0.2) is 8.97 Å². The number of rotatable bonds is 7. The molecule has 294 valence electrons. The second-order valence-corrected chi connectivity index (χ2v) is 16.5.